The van der Waals surface area contributed by atoms with E-state index in [0.717, 1.165) is 17.8 Å². The fourth-order valence-electron chi connectivity index (χ4n) is 2.59. The molecule has 1 aromatic heterocycles. The minimum Gasteiger partial charge on any atom is -0.489 e. The monoisotopic (exact) mass is 367 g/mol. The Bertz CT molecular complexity index is 889. The molecule has 0 saturated carbocycles. The first-order valence-electron chi connectivity index (χ1n) is 8.86. The van der Waals surface area contributed by atoms with Crippen molar-refractivity contribution >= 4 is 5.91 Å². The van der Waals surface area contributed by atoms with E-state index in [2.05, 4.69) is 10.4 Å². The molecular formula is C21H22FN3O2. The van der Waals surface area contributed by atoms with Crippen LogP contribution in [0.4, 0.5) is 4.39 Å². The summed E-state index contributed by atoms with van der Waals surface area (Å²) in [5.41, 5.74) is 2.32. The van der Waals surface area contributed by atoms with Gasteiger partial charge in [-0.3, -0.25) is 9.48 Å². The highest BCUT2D eigenvalue weighted by Gasteiger charge is 2.13. The standard InChI is InChI=1S/C21H22FN3O2/c1-3-25-13-12-20(24-25)15(2)23-21(26)17-6-4-16(5-7-17)14-27-19-10-8-18(22)9-11-19/h4-13,15H,3,14H2,1-2H3,(H,23,26). The molecule has 1 unspecified atom stereocenters. The van der Waals surface area contributed by atoms with Gasteiger partial charge in [0.05, 0.1) is 11.7 Å². The maximum absolute atomic E-state index is 12.9. The third-order valence-corrected chi connectivity index (χ3v) is 4.21. The largest absolute Gasteiger partial charge is 0.489 e. The zero-order chi connectivity index (χ0) is 19.2. The number of hydrogen-bond acceptors (Lipinski definition) is 3. The van der Waals surface area contributed by atoms with E-state index in [1.807, 2.05) is 42.9 Å². The molecule has 140 valence electrons. The molecule has 0 aliphatic rings. The Hall–Kier alpha value is -3.15. The quantitative estimate of drug-likeness (QED) is 0.684. The van der Waals surface area contributed by atoms with Crippen LogP contribution in [-0.4, -0.2) is 15.7 Å². The maximum Gasteiger partial charge on any atom is 0.251 e. The maximum atomic E-state index is 12.9. The van der Waals surface area contributed by atoms with Crippen LogP contribution >= 0.6 is 0 Å². The van der Waals surface area contributed by atoms with Crippen LogP contribution in [-0.2, 0) is 13.2 Å². The molecule has 0 aliphatic carbocycles. The minimum absolute atomic E-state index is 0.153. The summed E-state index contributed by atoms with van der Waals surface area (Å²) in [5.74, 6) is 0.145. The van der Waals surface area contributed by atoms with Crippen LogP contribution in [0.5, 0.6) is 5.75 Å². The smallest absolute Gasteiger partial charge is 0.251 e. The average molecular weight is 367 g/mol. The molecule has 5 nitrogen and oxygen atoms in total. The van der Waals surface area contributed by atoms with Crippen molar-refractivity contribution in [2.75, 3.05) is 0 Å². The van der Waals surface area contributed by atoms with E-state index in [0.29, 0.717) is 17.9 Å². The molecule has 0 radical (unpaired) electrons. The van der Waals surface area contributed by atoms with E-state index < -0.39 is 0 Å². The average Bonchev–Trinajstić information content (AvgIpc) is 3.17. The molecule has 1 atom stereocenters. The first-order chi connectivity index (χ1) is 13.0. The fourth-order valence-corrected chi connectivity index (χ4v) is 2.59. The normalized spacial score (nSPS) is 11.8. The number of halogens is 1. The fraction of sp³-hybridized carbons (Fsp3) is 0.238. The number of nitrogens with one attached hydrogen (secondary N) is 1. The van der Waals surface area contributed by atoms with Gasteiger partial charge >= 0.3 is 0 Å². The second-order valence-electron chi connectivity index (χ2n) is 6.23. The number of carbonyl (C=O) groups is 1. The van der Waals surface area contributed by atoms with Gasteiger partial charge in [-0.1, -0.05) is 12.1 Å². The highest BCUT2D eigenvalue weighted by Crippen LogP contribution is 2.15. The van der Waals surface area contributed by atoms with Crippen LogP contribution in [0, 0.1) is 5.82 Å². The van der Waals surface area contributed by atoms with Crippen LogP contribution in [0.25, 0.3) is 0 Å². The Morgan fingerprint density at radius 2 is 1.85 bits per heavy atom. The van der Waals surface area contributed by atoms with Gasteiger partial charge in [-0.15, -0.1) is 0 Å². The van der Waals surface area contributed by atoms with E-state index in [1.165, 1.54) is 12.1 Å². The third-order valence-electron chi connectivity index (χ3n) is 4.21. The highest BCUT2D eigenvalue weighted by molar-refractivity contribution is 5.94. The van der Waals surface area contributed by atoms with Crippen molar-refractivity contribution < 1.29 is 13.9 Å². The van der Waals surface area contributed by atoms with Crippen molar-refractivity contribution in [3.05, 3.63) is 83.4 Å². The molecule has 0 spiro atoms. The van der Waals surface area contributed by atoms with Crippen molar-refractivity contribution in [2.45, 2.75) is 33.0 Å². The lowest BCUT2D eigenvalue weighted by Gasteiger charge is -2.12. The Balaban J connectivity index is 1.55. The summed E-state index contributed by atoms with van der Waals surface area (Å²) in [5, 5.41) is 7.36. The number of aryl methyl sites for hydroxylation is 1. The molecule has 0 bridgehead atoms. The summed E-state index contributed by atoms with van der Waals surface area (Å²) in [6, 6.07) is 14.8. The highest BCUT2D eigenvalue weighted by atomic mass is 19.1. The van der Waals surface area contributed by atoms with Crippen LogP contribution in [0.3, 0.4) is 0 Å². The van der Waals surface area contributed by atoms with E-state index in [1.54, 1.807) is 24.3 Å². The SMILES string of the molecule is CCn1ccc(C(C)NC(=O)c2ccc(COc3ccc(F)cc3)cc2)n1. The molecule has 27 heavy (non-hydrogen) atoms. The summed E-state index contributed by atoms with van der Waals surface area (Å²) in [4.78, 5) is 12.4. The van der Waals surface area contributed by atoms with Crippen molar-refractivity contribution in [2.24, 2.45) is 0 Å². The molecule has 2 aromatic carbocycles. The Labute approximate surface area is 157 Å². The Morgan fingerprint density at radius 3 is 2.48 bits per heavy atom. The van der Waals surface area contributed by atoms with Crippen LogP contribution in [0.1, 0.15) is 41.5 Å². The van der Waals surface area contributed by atoms with Gasteiger partial charge in [-0.25, -0.2) is 4.39 Å². The number of amides is 1. The predicted octanol–water partition coefficient (Wildman–Crippen LogP) is 4.11. The van der Waals surface area contributed by atoms with Gasteiger partial charge in [0.25, 0.3) is 5.91 Å². The third kappa shape index (κ3) is 4.94. The van der Waals surface area contributed by atoms with Gasteiger partial charge in [0.15, 0.2) is 0 Å². The first-order valence-corrected chi connectivity index (χ1v) is 8.86. The summed E-state index contributed by atoms with van der Waals surface area (Å²) in [7, 11) is 0. The summed E-state index contributed by atoms with van der Waals surface area (Å²) >= 11 is 0. The van der Waals surface area contributed by atoms with E-state index in [9.17, 15) is 9.18 Å². The van der Waals surface area contributed by atoms with Crippen molar-refractivity contribution in [3.8, 4) is 5.75 Å². The second-order valence-corrected chi connectivity index (χ2v) is 6.23. The molecule has 3 rings (SSSR count). The van der Waals surface area contributed by atoms with E-state index in [-0.39, 0.29) is 17.8 Å². The van der Waals surface area contributed by atoms with Gasteiger partial charge in [-0.05, 0) is 61.9 Å². The van der Waals surface area contributed by atoms with Crippen molar-refractivity contribution in [1.29, 1.82) is 0 Å². The molecule has 1 amide bonds. The number of carbonyl (C=O) groups excluding carboxylic acids is 1. The lowest BCUT2D eigenvalue weighted by molar-refractivity contribution is 0.0939. The molecule has 0 saturated heterocycles. The summed E-state index contributed by atoms with van der Waals surface area (Å²) in [6.07, 6.45) is 1.90. The Morgan fingerprint density at radius 1 is 1.15 bits per heavy atom. The number of ether oxygens (including phenoxy) is 1. The second kappa shape index (κ2) is 8.49. The molecular weight excluding hydrogens is 345 g/mol. The van der Waals surface area contributed by atoms with E-state index in [4.69, 9.17) is 4.74 Å². The predicted molar refractivity (Wildman–Crippen MR) is 101 cm³/mol. The van der Waals surface area contributed by atoms with Gasteiger partial charge in [0, 0.05) is 18.3 Å². The number of rotatable bonds is 7. The van der Waals surface area contributed by atoms with Gasteiger partial charge < -0.3 is 10.1 Å². The van der Waals surface area contributed by atoms with Gasteiger partial charge in [0.1, 0.15) is 18.2 Å². The number of aromatic nitrogens is 2. The molecule has 3 aromatic rings. The van der Waals surface area contributed by atoms with Crippen LogP contribution in [0.15, 0.2) is 60.8 Å². The zero-order valence-electron chi connectivity index (χ0n) is 15.4. The van der Waals surface area contributed by atoms with Crippen molar-refractivity contribution in [1.82, 2.24) is 15.1 Å². The Kier molecular flexibility index (Phi) is 5.86. The van der Waals surface area contributed by atoms with Gasteiger partial charge in [0.2, 0.25) is 0 Å². The van der Waals surface area contributed by atoms with Gasteiger partial charge in [-0.2, -0.15) is 5.10 Å². The minimum atomic E-state index is -0.298. The van der Waals surface area contributed by atoms with Crippen molar-refractivity contribution in [3.63, 3.8) is 0 Å². The lowest BCUT2D eigenvalue weighted by atomic mass is 10.1. The first kappa shape index (κ1) is 18.6. The molecule has 6 heteroatoms. The molecule has 0 aliphatic heterocycles. The zero-order valence-corrected chi connectivity index (χ0v) is 15.4. The summed E-state index contributed by atoms with van der Waals surface area (Å²) in [6.45, 7) is 5.06. The molecule has 0 fully saturated rings. The lowest BCUT2D eigenvalue weighted by Crippen LogP contribution is -2.27. The molecule has 1 N–H and O–H groups in total. The topological polar surface area (TPSA) is 56.2 Å². The molecule has 1 heterocycles. The van der Waals surface area contributed by atoms with E-state index >= 15 is 0 Å². The summed E-state index contributed by atoms with van der Waals surface area (Å²) < 4.78 is 20.3. The number of nitrogens with zero attached hydrogens (tertiary/aromatic N) is 2. The van der Waals surface area contributed by atoms with Crippen LogP contribution in [0.2, 0.25) is 0 Å². The number of benzene rings is 2. The van der Waals surface area contributed by atoms with Crippen LogP contribution < -0.4 is 10.1 Å². The number of hydrogen-bond donors (Lipinski definition) is 1.